The third-order valence-electron chi connectivity index (χ3n) is 3.58. The second-order valence-corrected chi connectivity index (χ2v) is 5.74. The van der Waals surface area contributed by atoms with Gasteiger partial charge in [0.15, 0.2) is 0 Å². The van der Waals surface area contributed by atoms with Gasteiger partial charge >= 0.3 is 0 Å². The van der Waals surface area contributed by atoms with Crippen molar-refractivity contribution < 1.29 is 0 Å². The standard InChI is InChI=1S/C16H25N3/c1-12(2)17-10-15-11-18-14(4)9-16(15)19-7-5-13(3)6-8-19/h5,9,11-12,17H,6-8,10H2,1-4H3. The van der Waals surface area contributed by atoms with Crippen molar-refractivity contribution in [1.82, 2.24) is 10.3 Å². The minimum Gasteiger partial charge on any atom is -0.367 e. The van der Waals surface area contributed by atoms with E-state index in [0.717, 1.165) is 25.3 Å². The van der Waals surface area contributed by atoms with Crippen LogP contribution in [-0.4, -0.2) is 24.1 Å². The summed E-state index contributed by atoms with van der Waals surface area (Å²) in [6.07, 6.45) is 5.52. The molecule has 1 aliphatic rings. The molecular formula is C16H25N3. The van der Waals surface area contributed by atoms with E-state index >= 15 is 0 Å². The Balaban J connectivity index is 2.19. The topological polar surface area (TPSA) is 28.2 Å². The predicted molar refractivity (Wildman–Crippen MR) is 81.5 cm³/mol. The van der Waals surface area contributed by atoms with Crippen molar-refractivity contribution in [2.75, 3.05) is 18.0 Å². The monoisotopic (exact) mass is 259 g/mol. The van der Waals surface area contributed by atoms with Gasteiger partial charge in [-0.15, -0.1) is 0 Å². The first-order valence-corrected chi connectivity index (χ1v) is 7.15. The quantitative estimate of drug-likeness (QED) is 0.842. The summed E-state index contributed by atoms with van der Waals surface area (Å²) in [5.41, 5.74) is 5.23. The molecule has 0 atom stereocenters. The number of hydrogen-bond donors (Lipinski definition) is 1. The second kappa shape index (κ2) is 6.20. The Labute approximate surface area is 116 Å². The van der Waals surface area contributed by atoms with Crippen molar-refractivity contribution in [2.24, 2.45) is 0 Å². The number of anilines is 1. The molecule has 0 amide bonds. The van der Waals surface area contributed by atoms with Crippen molar-refractivity contribution in [3.05, 3.63) is 35.2 Å². The number of nitrogens with zero attached hydrogens (tertiary/aromatic N) is 2. The lowest BCUT2D eigenvalue weighted by Crippen LogP contribution is -2.30. The van der Waals surface area contributed by atoms with Gasteiger partial charge in [0.1, 0.15) is 0 Å². The zero-order chi connectivity index (χ0) is 13.8. The Morgan fingerprint density at radius 1 is 1.37 bits per heavy atom. The normalized spacial score (nSPS) is 15.8. The van der Waals surface area contributed by atoms with Crippen LogP contribution in [0.15, 0.2) is 23.9 Å². The summed E-state index contributed by atoms with van der Waals surface area (Å²) in [5.74, 6) is 0. The third kappa shape index (κ3) is 3.80. The first-order valence-electron chi connectivity index (χ1n) is 7.15. The van der Waals surface area contributed by atoms with Gasteiger partial charge in [-0.05, 0) is 26.3 Å². The van der Waals surface area contributed by atoms with Gasteiger partial charge in [-0.3, -0.25) is 4.98 Å². The van der Waals surface area contributed by atoms with E-state index in [1.807, 2.05) is 6.20 Å². The van der Waals surface area contributed by atoms with Crippen LogP contribution in [0.1, 0.15) is 38.4 Å². The largest absolute Gasteiger partial charge is 0.367 e. The molecule has 3 heteroatoms. The molecule has 0 unspecified atom stereocenters. The number of aryl methyl sites for hydroxylation is 1. The van der Waals surface area contributed by atoms with Crippen LogP contribution in [0.25, 0.3) is 0 Å². The highest BCUT2D eigenvalue weighted by Gasteiger charge is 2.14. The van der Waals surface area contributed by atoms with Crippen LogP contribution in [0.3, 0.4) is 0 Å². The Morgan fingerprint density at radius 2 is 2.16 bits per heavy atom. The number of pyridine rings is 1. The summed E-state index contributed by atoms with van der Waals surface area (Å²) in [5, 5.41) is 3.49. The molecule has 3 nitrogen and oxygen atoms in total. The Morgan fingerprint density at radius 3 is 2.79 bits per heavy atom. The molecule has 2 heterocycles. The summed E-state index contributed by atoms with van der Waals surface area (Å²) < 4.78 is 0. The zero-order valence-corrected chi connectivity index (χ0v) is 12.5. The molecule has 104 valence electrons. The van der Waals surface area contributed by atoms with Crippen LogP contribution >= 0.6 is 0 Å². The maximum absolute atomic E-state index is 4.45. The summed E-state index contributed by atoms with van der Waals surface area (Å²) in [7, 11) is 0. The van der Waals surface area contributed by atoms with E-state index in [1.54, 1.807) is 0 Å². The fraction of sp³-hybridized carbons (Fsp3) is 0.562. The van der Waals surface area contributed by atoms with Gasteiger partial charge in [-0.25, -0.2) is 0 Å². The maximum atomic E-state index is 4.45. The van der Waals surface area contributed by atoms with Gasteiger partial charge in [-0.2, -0.15) is 0 Å². The van der Waals surface area contributed by atoms with Crippen LogP contribution in [-0.2, 0) is 6.54 Å². The maximum Gasteiger partial charge on any atom is 0.0448 e. The molecule has 2 rings (SSSR count). The molecule has 1 aliphatic heterocycles. The third-order valence-corrected chi connectivity index (χ3v) is 3.58. The molecule has 1 N–H and O–H groups in total. The Bertz CT molecular complexity index is 463. The molecule has 19 heavy (non-hydrogen) atoms. The number of rotatable bonds is 4. The van der Waals surface area contributed by atoms with E-state index < -0.39 is 0 Å². The Hall–Kier alpha value is -1.35. The molecule has 1 aromatic heterocycles. The molecular weight excluding hydrogens is 234 g/mol. The predicted octanol–water partition coefficient (Wildman–Crippen LogP) is 3.04. The first-order chi connectivity index (χ1) is 9.06. The number of nitrogens with one attached hydrogen (secondary N) is 1. The van der Waals surface area contributed by atoms with Crippen LogP contribution in [0.4, 0.5) is 5.69 Å². The summed E-state index contributed by atoms with van der Waals surface area (Å²) >= 11 is 0. The van der Waals surface area contributed by atoms with Crippen LogP contribution in [0, 0.1) is 6.92 Å². The molecule has 1 aromatic rings. The van der Waals surface area contributed by atoms with Gasteiger partial charge in [0.2, 0.25) is 0 Å². The summed E-state index contributed by atoms with van der Waals surface area (Å²) in [6, 6.07) is 2.71. The van der Waals surface area contributed by atoms with E-state index in [4.69, 9.17) is 0 Å². The van der Waals surface area contributed by atoms with Gasteiger partial charge in [0, 0.05) is 48.8 Å². The van der Waals surface area contributed by atoms with Gasteiger partial charge in [0.05, 0.1) is 0 Å². The fourth-order valence-corrected chi connectivity index (χ4v) is 2.31. The molecule has 0 saturated heterocycles. The van der Waals surface area contributed by atoms with Crippen molar-refractivity contribution in [3.8, 4) is 0 Å². The van der Waals surface area contributed by atoms with Gasteiger partial charge in [0.25, 0.3) is 0 Å². The first kappa shape index (κ1) is 14.1. The van der Waals surface area contributed by atoms with E-state index in [0.29, 0.717) is 6.04 Å². The minimum absolute atomic E-state index is 0.498. The van der Waals surface area contributed by atoms with Crippen molar-refractivity contribution in [3.63, 3.8) is 0 Å². The lowest BCUT2D eigenvalue weighted by atomic mass is 10.1. The van der Waals surface area contributed by atoms with Crippen molar-refractivity contribution in [1.29, 1.82) is 0 Å². The van der Waals surface area contributed by atoms with Crippen molar-refractivity contribution >= 4 is 5.69 Å². The van der Waals surface area contributed by atoms with Crippen molar-refractivity contribution in [2.45, 2.75) is 46.7 Å². The molecule has 0 aromatic carbocycles. The molecule has 0 radical (unpaired) electrons. The van der Waals surface area contributed by atoms with Crippen LogP contribution < -0.4 is 10.2 Å². The SMILES string of the molecule is CC1=CCN(c2cc(C)ncc2CNC(C)C)CC1. The van der Waals surface area contributed by atoms with Gasteiger partial charge < -0.3 is 10.2 Å². The average molecular weight is 259 g/mol. The summed E-state index contributed by atoms with van der Waals surface area (Å²) in [4.78, 5) is 6.90. The highest BCUT2D eigenvalue weighted by Crippen LogP contribution is 2.24. The summed E-state index contributed by atoms with van der Waals surface area (Å²) in [6.45, 7) is 11.6. The fourth-order valence-electron chi connectivity index (χ4n) is 2.31. The minimum atomic E-state index is 0.498. The molecule has 0 spiro atoms. The van der Waals surface area contributed by atoms with Crippen LogP contribution in [0.5, 0.6) is 0 Å². The van der Waals surface area contributed by atoms with E-state index in [1.165, 1.54) is 23.2 Å². The number of aromatic nitrogens is 1. The zero-order valence-electron chi connectivity index (χ0n) is 12.5. The lowest BCUT2D eigenvalue weighted by molar-refractivity contribution is 0.586. The molecule has 0 aliphatic carbocycles. The second-order valence-electron chi connectivity index (χ2n) is 5.74. The number of hydrogen-bond acceptors (Lipinski definition) is 3. The molecule has 0 bridgehead atoms. The van der Waals surface area contributed by atoms with Gasteiger partial charge in [-0.1, -0.05) is 25.5 Å². The smallest absolute Gasteiger partial charge is 0.0448 e. The lowest BCUT2D eigenvalue weighted by Gasteiger charge is -2.30. The van der Waals surface area contributed by atoms with E-state index in [2.05, 4.69) is 55.0 Å². The molecule has 0 saturated carbocycles. The van der Waals surface area contributed by atoms with Crippen LogP contribution in [0.2, 0.25) is 0 Å². The highest BCUT2D eigenvalue weighted by molar-refractivity contribution is 5.55. The Kier molecular flexibility index (Phi) is 4.59. The molecule has 0 fully saturated rings. The highest BCUT2D eigenvalue weighted by atomic mass is 15.1. The average Bonchev–Trinajstić information content (AvgIpc) is 2.38. The van der Waals surface area contributed by atoms with E-state index in [9.17, 15) is 0 Å². The van der Waals surface area contributed by atoms with E-state index in [-0.39, 0.29) is 0 Å².